The number of rotatable bonds is 7. The van der Waals surface area contributed by atoms with Crippen LogP contribution in [0.5, 0.6) is 0 Å². The van der Waals surface area contributed by atoms with E-state index in [4.69, 9.17) is 11.3 Å². The fourth-order valence-corrected chi connectivity index (χ4v) is 8.61. The zero-order valence-electron chi connectivity index (χ0n) is 37.4. The number of furan rings is 1. The van der Waals surface area contributed by atoms with Crippen LogP contribution in [0, 0.1) is 30.2 Å². The third kappa shape index (κ3) is 10.00. The summed E-state index contributed by atoms with van der Waals surface area (Å²) in [6.07, 6.45) is 2.16. The van der Waals surface area contributed by atoms with Gasteiger partial charge in [0.1, 0.15) is 5.58 Å². The predicted octanol–water partition coefficient (Wildman–Crippen LogP) is 12.8. The number of hydrogen-bond acceptors (Lipinski definition) is 3. The van der Waals surface area contributed by atoms with E-state index in [9.17, 15) is 4.39 Å². The average molecular weight is 981 g/mol. The molecule has 0 aliphatic carbocycles. The van der Waals surface area contributed by atoms with E-state index in [1.807, 2.05) is 24.4 Å². The average Bonchev–Trinajstić information content (AvgIpc) is 3.58. The molecule has 0 spiro atoms. The molecule has 56 heavy (non-hydrogen) atoms. The van der Waals surface area contributed by atoms with Crippen LogP contribution in [-0.4, -0.2) is 23.2 Å². The molecule has 0 aliphatic heterocycles. The van der Waals surface area contributed by atoms with Crippen molar-refractivity contribution >= 4 is 39.6 Å². The monoisotopic (exact) mass is 982 g/mol. The first-order valence-electron chi connectivity index (χ1n) is 20.9. The van der Waals surface area contributed by atoms with E-state index in [1.54, 1.807) is 39.0 Å². The quantitative estimate of drug-likeness (QED) is 0.118. The molecule has 1 radical (unpaired) electrons. The summed E-state index contributed by atoms with van der Waals surface area (Å²) in [6, 6.07) is 45.1. The largest absolute Gasteiger partial charge is 0 e. The minimum atomic E-state index is -2.49. The van der Waals surface area contributed by atoms with Gasteiger partial charge in [-0.3, -0.25) is 0 Å². The summed E-state index contributed by atoms with van der Waals surface area (Å²) in [6.45, 7) is 2.80. The molecule has 0 atom stereocenters. The Bertz CT molecular complexity index is 2790. The molecule has 0 N–H and O–H groups in total. The molecule has 5 aromatic carbocycles. The SMILES string of the molecule is [2H]C([2H])([2H])c1cnc(-c2[c-]cc3oc4cc(-c5cccc(Cc6ccccc6)c5)ccc4c3c2)cc1C([2H])([2H])C(C)(C)C.[CH3][Ge]([CH3])([CH3])[c]1ccc(-c2[c-]ccc(F)c2)nc1.[Ir]. The van der Waals surface area contributed by atoms with E-state index in [0.717, 1.165) is 39.6 Å². The Morgan fingerprint density at radius 1 is 0.732 bits per heavy atom. The van der Waals surface area contributed by atoms with Crippen LogP contribution in [0.15, 0.2) is 138 Å². The second-order valence-electron chi connectivity index (χ2n) is 15.9. The van der Waals surface area contributed by atoms with Gasteiger partial charge in [0.25, 0.3) is 0 Å². The number of aryl methyl sites for hydroxylation is 1. The number of nitrogens with zero attached hydrogens (tertiary/aromatic N) is 2. The molecule has 0 bridgehead atoms. The van der Waals surface area contributed by atoms with E-state index in [1.165, 1.54) is 33.9 Å². The minimum absolute atomic E-state index is 0. The molecule has 0 saturated carbocycles. The van der Waals surface area contributed by atoms with Crippen LogP contribution in [0.1, 0.15) is 49.9 Å². The third-order valence-electron chi connectivity index (χ3n) is 9.27. The van der Waals surface area contributed by atoms with E-state index >= 15 is 0 Å². The topological polar surface area (TPSA) is 38.9 Å². The van der Waals surface area contributed by atoms with Crippen LogP contribution < -0.4 is 4.40 Å². The van der Waals surface area contributed by atoms with Crippen LogP contribution >= 0.6 is 0 Å². The maximum atomic E-state index is 13.1. The molecule has 8 rings (SSSR count). The summed E-state index contributed by atoms with van der Waals surface area (Å²) >= 11 is -1.80. The summed E-state index contributed by atoms with van der Waals surface area (Å²) in [4.78, 5) is 8.85. The minimum Gasteiger partial charge on any atom is 0 e. The van der Waals surface area contributed by atoms with Crippen LogP contribution in [0.25, 0.3) is 55.6 Å². The van der Waals surface area contributed by atoms with Gasteiger partial charge in [0.15, 0.2) is 0 Å². The maximum absolute atomic E-state index is 13.1. The molecule has 0 aliphatic rings. The number of benzene rings is 5. The van der Waals surface area contributed by atoms with Crippen LogP contribution in [0.2, 0.25) is 17.3 Å². The van der Waals surface area contributed by atoms with Gasteiger partial charge >= 0.3 is 104 Å². The molecule has 0 fully saturated rings. The Labute approximate surface area is 354 Å². The first kappa shape index (κ1) is 34.6. The van der Waals surface area contributed by atoms with Crippen molar-refractivity contribution in [1.82, 2.24) is 9.97 Å². The normalized spacial score (nSPS) is 13.4. The molecular weight excluding hydrogens is 928 g/mol. The summed E-state index contributed by atoms with van der Waals surface area (Å²) in [5.74, 6) is 6.72. The second-order valence-corrected chi connectivity index (χ2v) is 26.5. The Morgan fingerprint density at radius 2 is 1.48 bits per heavy atom. The Hall–Kier alpha value is -4.68. The van der Waals surface area contributed by atoms with Crippen molar-refractivity contribution in [2.24, 2.45) is 5.41 Å². The standard InChI is InChI=1S/C36H32NO.C14H15FGeN.Ir/c1-24-23-37-33(20-30(24)22-36(2,3)4)29-14-16-34-32(19-29)31-15-13-28(21-35(31)38-34)27-12-8-11-26(18-27)17-25-9-6-5-7-10-25;1-16(2,3)13-7-8-14(17-10-13)11-5-4-6-12(15)9-11;/h5-13,15-16,18-21,23H,17,22H2,1-4H3;4,6-10H,1-3H3;/q2*-1;/i1D3,22D2;;. The van der Waals surface area contributed by atoms with E-state index in [2.05, 4.69) is 112 Å². The fraction of sp³-hybridized carbons (Fsp3) is 0.200. The van der Waals surface area contributed by atoms with Crippen LogP contribution in [0.3, 0.4) is 0 Å². The van der Waals surface area contributed by atoms with E-state index in [0.29, 0.717) is 22.4 Å². The Kier molecular flexibility index (Phi) is 10.6. The molecular formula is C50H47FGeIrN2O-2. The van der Waals surface area contributed by atoms with E-state index in [-0.39, 0.29) is 37.0 Å². The summed E-state index contributed by atoms with van der Waals surface area (Å²) in [5.41, 5.74) is 7.89. The maximum Gasteiger partial charge on any atom is 0 e. The predicted molar refractivity (Wildman–Crippen MR) is 230 cm³/mol. The Morgan fingerprint density at radius 3 is 2.20 bits per heavy atom. The molecule has 3 heterocycles. The van der Waals surface area contributed by atoms with Crippen LogP contribution in [-0.2, 0) is 32.9 Å². The molecule has 285 valence electrons. The molecule has 0 amide bonds. The molecule has 0 unspecified atom stereocenters. The van der Waals surface area contributed by atoms with Gasteiger partial charge in [-0.15, -0.1) is 23.8 Å². The summed E-state index contributed by atoms with van der Waals surface area (Å²) < 4.78 is 62.3. The number of halogens is 1. The van der Waals surface area contributed by atoms with Crippen LogP contribution in [0.4, 0.5) is 4.39 Å². The van der Waals surface area contributed by atoms with Crippen molar-refractivity contribution in [1.29, 1.82) is 0 Å². The number of aromatic nitrogens is 2. The van der Waals surface area contributed by atoms with Gasteiger partial charge < -0.3 is 9.40 Å². The number of pyridine rings is 2. The van der Waals surface area contributed by atoms with E-state index < -0.39 is 31.9 Å². The van der Waals surface area contributed by atoms with Crippen molar-refractivity contribution in [2.75, 3.05) is 0 Å². The molecule has 3 nitrogen and oxygen atoms in total. The summed E-state index contributed by atoms with van der Waals surface area (Å²) in [5, 5.41) is 1.83. The second kappa shape index (κ2) is 17.2. The Balaban J connectivity index is 0.000000290. The first-order valence-corrected chi connectivity index (χ1v) is 25.8. The van der Waals surface area contributed by atoms with Gasteiger partial charge in [0.05, 0.1) is 5.58 Å². The molecule has 6 heteroatoms. The molecule has 8 aromatic rings. The first-order chi connectivity index (χ1) is 28.3. The van der Waals surface area contributed by atoms with Gasteiger partial charge in [0.2, 0.25) is 0 Å². The van der Waals surface area contributed by atoms with Gasteiger partial charge in [-0.25, -0.2) is 0 Å². The van der Waals surface area contributed by atoms with Gasteiger partial charge in [-0.2, -0.15) is 0 Å². The van der Waals surface area contributed by atoms with Gasteiger partial charge in [-0.05, 0) is 64.6 Å². The van der Waals surface area contributed by atoms with Crippen molar-refractivity contribution in [3.63, 3.8) is 0 Å². The van der Waals surface area contributed by atoms with Crippen molar-refractivity contribution in [2.45, 2.75) is 57.7 Å². The summed E-state index contributed by atoms with van der Waals surface area (Å²) in [7, 11) is 0. The molecule has 0 saturated heterocycles. The zero-order chi connectivity index (χ0) is 43.0. The number of fused-ring (bicyclic) bond motifs is 3. The molecule has 3 aromatic heterocycles. The van der Waals surface area contributed by atoms with Crippen molar-refractivity contribution in [3.05, 3.63) is 174 Å². The van der Waals surface area contributed by atoms with Gasteiger partial charge in [0, 0.05) is 38.5 Å². The van der Waals surface area contributed by atoms with Crippen molar-refractivity contribution in [3.8, 4) is 33.6 Å². The number of hydrogen-bond donors (Lipinski definition) is 0. The van der Waals surface area contributed by atoms with Gasteiger partial charge in [-0.1, -0.05) is 105 Å². The fourth-order valence-electron chi connectivity index (χ4n) is 6.43. The third-order valence-corrected chi connectivity index (χ3v) is 13.5. The zero-order valence-corrected chi connectivity index (χ0v) is 36.9. The van der Waals surface area contributed by atoms with Crippen molar-refractivity contribution < 1.29 is 35.8 Å². The smallest absolute Gasteiger partial charge is 0 e.